The number of fused-ring (bicyclic) bond motifs is 3. The maximum atomic E-state index is 12.2. The highest BCUT2D eigenvalue weighted by Crippen LogP contribution is 2.44. The molecule has 0 radical (unpaired) electrons. The van der Waals surface area contributed by atoms with Crippen molar-refractivity contribution >= 4 is 11.9 Å². The van der Waals surface area contributed by atoms with E-state index >= 15 is 0 Å². The van der Waals surface area contributed by atoms with E-state index in [2.05, 4.69) is 29.6 Å². The molecule has 0 heterocycles. The zero-order valence-corrected chi connectivity index (χ0v) is 14.4. The highest BCUT2D eigenvalue weighted by molar-refractivity contribution is 5.91. The second kappa shape index (κ2) is 6.92. The number of ketones is 1. The molecular formula is C21H21NO4. The van der Waals surface area contributed by atoms with Crippen LogP contribution in [0.4, 0.5) is 4.79 Å². The highest BCUT2D eigenvalue weighted by Gasteiger charge is 2.32. The van der Waals surface area contributed by atoms with Crippen molar-refractivity contribution in [2.75, 3.05) is 6.61 Å². The summed E-state index contributed by atoms with van der Waals surface area (Å²) in [6.45, 7) is 0.212. The first-order valence-corrected chi connectivity index (χ1v) is 8.98. The van der Waals surface area contributed by atoms with Crippen LogP contribution >= 0.6 is 0 Å². The molecule has 1 fully saturated rings. The molecule has 2 aliphatic carbocycles. The van der Waals surface area contributed by atoms with Crippen LogP contribution in [0.15, 0.2) is 48.5 Å². The van der Waals surface area contributed by atoms with E-state index in [4.69, 9.17) is 4.74 Å². The van der Waals surface area contributed by atoms with Gasteiger partial charge >= 0.3 is 6.09 Å². The van der Waals surface area contributed by atoms with Crippen molar-refractivity contribution in [3.05, 3.63) is 59.7 Å². The predicted molar refractivity (Wildman–Crippen MR) is 96.9 cm³/mol. The molecule has 2 aromatic carbocycles. The lowest BCUT2D eigenvalue weighted by Gasteiger charge is -2.25. The Labute approximate surface area is 152 Å². The third-order valence-corrected chi connectivity index (χ3v) is 5.28. The summed E-state index contributed by atoms with van der Waals surface area (Å²) in [5.74, 6) is -0.342. The number of carbonyl (C=O) groups is 2. The summed E-state index contributed by atoms with van der Waals surface area (Å²) in [7, 11) is 0. The Morgan fingerprint density at radius 2 is 1.65 bits per heavy atom. The van der Waals surface area contributed by atoms with Crippen LogP contribution in [0.1, 0.15) is 36.3 Å². The summed E-state index contributed by atoms with van der Waals surface area (Å²) < 4.78 is 5.44. The van der Waals surface area contributed by atoms with Crippen molar-refractivity contribution in [1.29, 1.82) is 0 Å². The number of hydrogen-bond donors (Lipinski definition) is 2. The van der Waals surface area contributed by atoms with Crippen LogP contribution in [0, 0.1) is 0 Å². The number of aliphatic hydroxyl groups is 1. The van der Waals surface area contributed by atoms with Gasteiger partial charge in [-0.15, -0.1) is 0 Å². The Kier molecular flexibility index (Phi) is 4.47. The lowest BCUT2D eigenvalue weighted by Crippen LogP contribution is -2.48. The number of amides is 1. The van der Waals surface area contributed by atoms with Gasteiger partial charge in [0.05, 0.1) is 6.04 Å². The van der Waals surface area contributed by atoms with Gasteiger partial charge in [0.2, 0.25) is 0 Å². The van der Waals surface area contributed by atoms with E-state index in [1.165, 1.54) is 11.1 Å². The molecule has 134 valence electrons. The Hall–Kier alpha value is -2.66. The number of carbonyl (C=O) groups excluding carboxylic acids is 2. The minimum atomic E-state index is -0.984. The molecule has 2 atom stereocenters. The Balaban J connectivity index is 1.45. The fraction of sp³-hybridized carbons (Fsp3) is 0.333. The molecule has 0 aromatic heterocycles. The molecule has 2 aliphatic rings. The Morgan fingerprint density at radius 1 is 1.04 bits per heavy atom. The number of ether oxygens (including phenoxy) is 1. The van der Waals surface area contributed by atoms with Crippen LogP contribution in [0.3, 0.4) is 0 Å². The van der Waals surface area contributed by atoms with E-state index < -0.39 is 18.2 Å². The van der Waals surface area contributed by atoms with Gasteiger partial charge < -0.3 is 15.2 Å². The van der Waals surface area contributed by atoms with E-state index in [0.717, 1.165) is 11.1 Å². The SMILES string of the molecule is O=C(N[C@@H]1CCCC(O)C1=O)OCC1c2ccccc2-c2ccccc21. The lowest BCUT2D eigenvalue weighted by molar-refractivity contribution is -0.131. The number of alkyl carbamates (subject to hydrolysis) is 1. The van der Waals surface area contributed by atoms with E-state index in [0.29, 0.717) is 19.3 Å². The molecule has 1 saturated carbocycles. The summed E-state index contributed by atoms with van der Waals surface area (Å²) >= 11 is 0. The minimum absolute atomic E-state index is 0.0132. The summed E-state index contributed by atoms with van der Waals surface area (Å²) in [5.41, 5.74) is 4.63. The largest absolute Gasteiger partial charge is 0.449 e. The standard InChI is InChI=1S/C21H21NO4/c23-19-11-5-10-18(20(19)24)22-21(25)26-12-17-15-8-3-1-6-13(15)14-7-2-4-9-16(14)17/h1-4,6-9,17-19,23H,5,10-12H2,(H,22,25)/t18-,19?/m1/s1. The molecule has 5 nitrogen and oxygen atoms in total. The summed E-state index contributed by atoms with van der Waals surface area (Å²) in [5, 5.41) is 12.2. The monoisotopic (exact) mass is 351 g/mol. The van der Waals surface area contributed by atoms with Crippen molar-refractivity contribution in [3.63, 3.8) is 0 Å². The average molecular weight is 351 g/mol. The molecule has 4 rings (SSSR count). The number of benzene rings is 2. The number of Topliss-reactive ketones (excluding diaryl/α,β-unsaturated/α-hetero) is 1. The van der Waals surface area contributed by atoms with Crippen LogP contribution in [0.5, 0.6) is 0 Å². The molecule has 0 bridgehead atoms. The number of rotatable bonds is 3. The Bertz CT molecular complexity index is 802. The van der Waals surface area contributed by atoms with Gasteiger partial charge in [-0.25, -0.2) is 4.79 Å². The van der Waals surface area contributed by atoms with Crippen LogP contribution in [0.2, 0.25) is 0 Å². The molecule has 26 heavy (non-hydrogen) atoms. The van der Waals surface area contributed by atoms with E-state index in [1.807, 2.05) is 24.3 Å². The second-order valence-electron chi connectivity index (χ2n) is 6.87. The van der Waals surface area contributed by atoms with Crippen molar-refractivity contribution in [2.45, 2.75) is 37.3 Å². The van der Waals surface area contributed by atoms with Crippen molar-refractivity contribution < 1.29 is 19.4 Å². The first kappa shape index (κ1) is 16.8. The van der Waals surface area contributed by atoms with Crippen LogP contribution < -0.4 is 5.32 Å². The average Bonchev–Trinajstić information content (AvgIpc) is 2.98. The van der Waals surface area contributed by atoms with Crippen LogP contribution in [-0.4, -0.2) is 35.7 Å². The quantitative estimate of drug-likeness (QED) is 0.891. The van der Waals surface area contributed by atoms with Crippen molar-refractivity contribution in [2.24, 2.45) is 0 Å². The number of hydrogen-bond acceptors (Lipinski definition) is 4. The van der Waals surface area contributed by atoms with Crippen molar-refractivity contribution in [1.82, 2.24) is 5.32 Å². The second-order valence-corrected chi connectivity index (χ2v) is 6.87. The highest BCUT2D eigenvalue weighted by atomic mass is 16.5. The zero-order chi connectivity index (χ0) is 18.1. The molecule has 2 N–H and O–H groups in total. The number of nitrogens with one attached hydrogen (secondary N) is 1. The van der Waals surface area contributed by atoms with Gasteiger partial charge in [-0.1, -0.05) is 48.5 Å². The smallest absolute Gasteiger partial charge is 0.407 e. The normalized spacial score (nSPS) is 21.8. The van der Waals surface area contributed by atoms with Crippen molar-refractivity contribution in [3.8, 4) is 11.1 Å². The first-order valence-electron chi connectivity index (χ1n) is 8.98. The molecule has 2 aromatic rings. The van der Waals surface area contributed by atoms with Gasteiger partial charge in [-0.3, -0.25) is 4.79 Å². The van der Waals surface area contributed by atoms with Gasteiger partial charge in [0, 0.05) is 5.92 Å². The maximum Gasteiger partial charge on any atom is 0.407 e. The zero-order valence-electron chi connectivity index (χ0n) is 14.4. The lowest BCUT2D eigenvalue weighted by atomic mass is 9.92. The van der Waals surface area contributed by atoms with Gasteiger partial charge in [-0.05, 0) is 41.5 Å². The molecule has 1 unspecified atom stereocenters. The van der Waals surface area contributed by atoms with Gasteiger partial charge in [0.25, 0.3) is 0 Å². The van der Waals surface area contributed by atoms with Crippen LogP contribution in [0.25, 0.3) is 11.1 Å². The maximum absolute atomic E-state index is 12.2. The predicted octanol–water partition coefficient (Wildman–Crippen LogP) is 3.01. The van der Waals surface area contributed by atoms with Gasteiger partial charge in [0.15, 0.2) is 5.78 Å². The summed E-state index contributed by atoms with van der Waals surface area (Å²) in [6.07, 6.45) is 0.116. The number of aliphatic hydroxyl groups excluding tert-OH is 1. The molecule has 5 heteroatoms. The molecular weight excluding hydrogens is 330 g/mol. The van der Waals surface area contributed by atoms with E-state index in [1.54, 1.807) is 0 Å². The fourth-order valence-electron chi connectivity index (χ4n) is 3.96. The summed E-state index contributed by atoms with van der Waals surface area (Å²) in [6, 6.07) is 15.6. The van der Waals surface area contributed by atoms with Gasteiger partial charge in [-0.2, -0.15) is 0 Å². The molecule has 0 saturated heterocycles. The van der Waals surface area contributed by atoms with Gasteiger partial charge in [0.1, 0.15) is 12.7 Å². The minimum Gasteiger partial charge on any atom is -0.449 e. The third kappa shape index (κ3) is 2.99. The summed E-state index contributed by atoms with van der Waals surface area (Å²) in [4.78, 5) is 24.1. The van der Waals surface area contributed by atoms with Crippen LogP contribution in [-0.2, 0) is 9.53 Å². The molecule has 0 spiro atoms. The topological polar surface area (TPSA) is 75.6 Å². The van der Waals surface area contributed by atoms with E-state index in [-0.39, 0.29) is 18.3 Å². The van der Waals surface area contributed by atoms with E-state index in [9.17, 15) is 14.7 Å². The molecule has 1 amide bonds. The Morgan fingerprint density at radius 3 is 2.31 bits per heavy atom. The molecule has 0 aliphatic heterocycles. The third-order valence-electron chi connectivity index (χ3n) is 5.28. The fourth-order valence-corrected chi connectivity index (χ4v) is 3.96. The first-order chi connectivity index (χ1) is 12.6.